The van der Waals surface area contributed by atoms with Crippen LogP contribution in [-0.4, -0.2) is 19.4 Å². The molecule has 1 aromatic heterocycles. The highest BCUT2D eigenvalue weighted by Crippen LogP contribution is 2.29. The Labute approximate surface area is 126 Å². The molecule has 1 atom stereocenters. The zero-order chi connectivity index (χ0) is 15.3. The maximum Gasteiger partial charge on any atom is 0.260 e. The molecule has 1 aliphatic rings. The third kappa shape index (κ3) is 3.93. The van der Waals surface area contributed by atoms with E-state index in [9.17, 15) is 8.42 Å². The molecule has 0 spiro atoms. The van der Waals surface area contributed by atoms with Crippen molar-refractivity contribution in [3.8, 4) is 0 Å². The highest BCUT2D eigenvalue weighted by atomic mass is 32.2. The number of rotatable bonds is 6. The molecule has 118 valence electrons. The Kier molecular flexibility index (Phi) is 5.55. The summed E-state index contributed by atoms with van der Waals surface area (Å²) in [6.45, 7) is 2.02. The Morgan fingerprint density at radius 1 is 1.38 bits per heavy atom. The zero-order valence-corrected chi connectivity index (χ0v) is 13.2. The van der Waals surface area contributed by atoms with Crippen molar-refractivity contribution in [2.75, 3.05) is 5.43 Å². The quantitative estimate of drug-likeness (QED) is 0.551. The second kappa shape index (κ2) is 7.20. The molecule has 6 nitrogen and oxygen atoms in total. The van der Waals surface area contributed by atoms with Crippen LogP contribution in [0.2, 0.25) is 0 Å². The van der Waals surface area contributed by atoms with Gasteiger partial charge in [0.25, 0.3) is 10.0 Å². The van der Waals surface area contributed by atoms with Crippen LogP contribution in [0.5, 0.6) is 0 Å². The van der Waals surface area contributed by atoms with Gasteiger partial charge in [-0.1, -0.05) is 26.2 Å². The molecule has 1 aromatic rings. The molecular formula is C14H24N4O2S. The molecule has 4 N–H and O–H groups in total. The molecule has 0 saturated heterocycles. The van der Waals surface area contributed by atoms with Crippen molar-refractivity contribution in [3.63, 3.8) is 0 Å². The third-order valence-electron chi connectivity index (χ3n) is 4.15. The lowest BCUT2D eigenvalue weighted by atomic mass is 9.83. The molecule has 0 amide bonds. The average molecular weight is 312 g/mol. The van der Waals surface area contributed by atoms with E-state index in [1.54, 1.807) is 12.1 Å². The van der Waals surface area contributed by atoms with E-state index in [1.807, 2.05) is 6.92 Å². The first-order valence-electron chi connectivity index (χ1n) is 7.52. The number of nitrogens with one attached hydrogen (secondary N) is 2. The summed E-state index contributed by atoms with van der Waals surface area (Å²) >= 11 is 0. The minimum Gasteiger partial charge on any atom is -0.321 e. The van der Waals surface area contributed by atoms with Gasteiger partial charge in [0.2, 0.25) is 0 Å². The largest absolute Gasteiger partial charge is 0.321 e. The first-order chi connectivity index (χ1) is 10.1. The van der Waals surface area contributed by atoms with Gasteiger partial charge >= 0.3 is 0 Å². The molecule has 0 radical (unpaired) electrons. The minimum absolute atomic E-state index is 0.0390. The molecule has 1 unspecified atom stereocenters. The fraction of sp³-hybridized carbons (Fsp3) is 0.643. The van der Waals surface area contributed by atoms with Crippen molar-refractivity contribution in [3.05, 3.63) is 18.3 Å². The molecule has 1 heterocycles. The summed E-state index contributed by atoms with van der Waals surface area (Å²) in [4.78, 5) is 3.96. The normalized spacial score (nSPS) is 18.4. The number of nitrogens with zero attached hydrogens (tertiary/aromatic N) is 1. The molecule has 21 heavy (non-hydrogen) atoms. The Bertz CT molecular complexity index is 556. The number of hydrogen-bond acceptors (Lipinski definition) is 5. The van der Waals surface area contributed by atoms with Crippen molar-refractivity contribution in [1.29, 1.82) is 0 Å². The van der Waals surface area contributed by atoms with Gasteiger partial charge in [0, 0.05) is 12.2 Å². The third-order valence-corrected chi connectivity index (χ3v) is 5.59. The SMILES string of the molecule is CCC(NS(=O)(=O)c1ncccc1NN)C1CCCCC1. The number of hydrogen-bond donors (Lipinski definition) is 3. The van der Waals surface area contributed by atoms with Gasteiger partial charge in [-0.3, -0.25) is 5.84 Å². The topological polar surface area (TPSA) is 97.1 Å². The number of pyridine rings is 1. The molecule has 0 aliphatic heterocycles. The predicted octanol–water partition coefficient (Wildman–Crippen LogP) is 2.00. The molecule has 1 aliphatic carbocycles. The maximum atomic E-state index is 12.6. The number of hydrazine groups is 1. The smallest absolute Gasteiger partial charge is 0.260 e. The van der Waals surface area contributed by atoms with Gasteiger partial charge < -0.3 is 5.43 Å². The van der Waals surface area contributed by atoms with Gasteiger partial charge in [-0.15, -0.1) is 0 Å². The van der Waals surface area contributed by atoms with Crippen molar-refractivity contribution >= 4 is 15.7 Å². The Balaban J connectivity index is 2.18. The van der Waals surface area contributed by atoms with Gasteiger partial charge in [-0.25, -0.2) is 18.1 Å². The lowest BCUT2D eigenvalue weighted by molar-refractivity contribution is 0.285. The second-order valence-corrected chi connectivity index (χ2v) is 7.16. The van der Waals surface area contributed by atoms with Crippen LogP contribution >= 0.6 is 0 Å². The molecule has 2 rings (SSSR count). The molecular weight excluding hydrogens is 288 g/mol. The molecule has 0 aromatic carbocycles. The lowest BCUT2D eigenvalue weighted by Gasteiger charge is -2.30. The van der Waals surface area contributed by atoms with Crippen LogP contribution in [0.3, 0.4) is 0 Å². The van der Waals surface area contributed by atoms with E-state index >= 15 is 0 Å². The maximum absolute atomic E-state index is 12.6. The van der Waals surface area contributed by atoms with E-state index in [-0.39, 0.29) is 11.1 Å². The predicted molar refractivity (Wildman–Crippen MR) is 83.0 cm³/mol. The first kappa shape index (κ1) is 16.2. The van der Waals surface area contributed by atoms with Crippen LogP contribution < -0.4 is 16.0 Å². The fourth-order valence-electron chi connectivity index (χ4n) is 3.02. The van der Waals surface area contributed by atoms with Crippen LogP contribution in [0.1, 0.15) is 45.4 Å². The van der Waals surface area contributed by atoms with Crippen LogP contribution in [0.15, 0.2) is 23.4 Å². The highest BCUT2D eigenvalue weighted by molar-refractivity contribution is 7.89. The van der Waals surface area contributed by atoms with E-state index < -0.39 is 10.0 Å². The van der Waals surface area contributed by atoms with Crippen molar-refractivity contribution in [2.24, 2.45) is 11.8 Å². The van der Waals surface area contributed by atoms with Gasteiger partial charge in [0.1, 0.15) is 0 Å². The van der Waals surface area contributed by atoms with E-state index in [0.29, 0.717) is 11.6 Å². The van der Waals surface area contributed by atoms with Crippen LogP contribution in [-0.2, 0) is 10.0 Å². The monoisotopic (exact) mass is 312 g/mol. The van der Waals surface area contributed by atoms with E-state index in [4.69, 9.17) is 5.84 Å². The molecule has 0 bridgehead atoms. The fourth-order valence-corrected chi connectivity index (χ4v) is 4.50. The number of nitrogens with two attached hydrogens (primary N) is 1. The molecule has 1 saturated carbocycles. The number of aromatic nitrogens is 1. The standard InChI is InChI=1S/C14H24N4O2S/c1-2-12(11-7-4-3-5-8-11)18-21(19,20)14-13(17-15)9-6-10-16-14/h6,9-12,17-18H,2-5,7-8,15H2,1H3. The number of nitrogen functional groups attached to an aromatic ring is 1. The van der Waals surface area contributed by atoms with Gasteiger partial charge in [-0.2, -0.15) is 0 Å². The van der Waals surface area contributed by atoms with Gasteiger partial charge in [0.05, 0.1) is 5.69 Å². The zero-order valence-electron chi connectivity index (χ0n) is 12.4. The van der Waals surface area contributed by atoms with Crippen LogP contribution in [0.25, 0.3) is 0 Å². The van der Waals surface area contributed by atoms with E-state index in [2.05, 4.69) is 15.1 Å². The Morgan fingerprint density at radius 3 is 2.71 bits per heavy atom. The van der Waals surface area contributed by atoms with E-state index in [1.165, 1.54) is 25.5 Å². The van der Waals surface area contributed by atoms with Crippen LogP contribution in [0, 0.1) is 5.92 Å². The van der Waals surface area contributed by atoms with Crippen molar-refractivity contribution < 1.29 is 8.42 Å². The molecule has 1 fully saturated rings. The summed E-state index contributed by atoms with van der Waals surface area (Å²) in [7, 11) is -3.67. The van der Waals surface area contributed by atoms with Crippen molar-refractivity contribution in [2.45, 2.75) is 56.5 Å². The summed E-state index contributed by atoms with van der Waals surface area (Å²) in [5.74, 6) is 5.78. The highest BCUT2D eigenvalue weighted by Gasteiger charge is 2.29. The average Bonchev–Trinajstić information content (AvgIpc) is 2.53. The Morgan fingerprint density at radius 2 is 2.10 bits per heavy atom. The van der Waals surface area contributed by atoms with Gasteiger partial charge in [-0.05, 0) is 37.3 Å². The minimum atomic E-state index is -3.67. The second-order valence-electron chi connectivity index (χ2n) is 5.53. The summed E-state index contributed by atoms with van der Waals surface area (Å²) in [6.07, 6.45) is 8.03. The number of sulfonamides is 1. The summed E-state index contributed by atoms with van der Waals surface area (Å²) in [5, 5.41) is -0.0400. The number of anilines is 1. The van der Waals surface area contributed by atoms with Crippen LogP contribution in [0.4, 0.5) is 5.69 Å². The summed E-state index contributed by atoms with van der Waals surface area (Å²) < 4.78 is 27.9. The van der Waals surface area contributed by atoms with E-state index in [0.717, 1.165) is 19.3 Å². The van der Waals surface area contributed by atoms with Gasteiger partial charge in [0.15, 0.2) is 5.03 Å². The Hall–Kier alpha value is -1.18. The summed E-state index contributed by atoms with van der Waals surface area (Å²) in [6, 6.07) is 3.21. The molecule has 7 heteroatoms. The first-order valence-corrected chi connectivity index (χ1v) is 9.00. The van der Waals surface area contributed by atoms with Crippen molar-refractivity contribution in [1.82, 2.24) is 9.71 Å². The lowest BCUT2D eigenvalue weighted by Crippen LogP contribution is -2.41. The summed E-state index contributed by atoms with van der Waals surface area (Å²) in [5.41, 5.74) is 2.70.